The maximum absolute atomic E-state index is 12.2. The van der Waals surface area contributed by atoms with Gasteiger partial charge < -0.3 is 63.4 Å². The molecule has 0 unspecified atom stereocenters. The van der Waals surface area contributed by atoms with Gasteiger partial charge >= 0.3 is 11.9 Å². The number of unbranched alkanes of at least 4 members (excludes halogenated alkanes) is 12. The van der Waals surface area contributed by atoms with E-state index in [1.54, 1.807) is 0 Å². The van der Waals surface area contributed by atoms with Gasteiger partial charge in [-0.25, -0.2) is 0 Å². The zero-order valence-corrected chi connectivity index (χ0v) is 30.7. The van der Waals surface area contributed by atoms with E-state index in [9.17, 15) is 35.1 Å². The molecule has 298 valence electrons. The Morgan fingerprint density at radius 2 is 0.941 bits per heavy atom. The van der Waals surface area contributed by atoms with Crippen LogP contribution in [0.25, 0.3) is 0 Å². The maximum atomic E-state index is 12.2. The molecular weight excluding hydrogens is 672 g/mol. The summed E-state index contributed by atoms with van der Waals surface area (Å²) < 4.78 is 44.4. The average Bonchev–Trinajstić information content (AvgIpc) is 3.68. The van der Waals surface area contributed by atoms with Crippen molar-refractivity contribution in [3.05, 3.63) is 0 Å². The lowest BCUT2D eigenvalue weighted by atomic mass is 10.1. The van der Waals surface area contributed by atoms with E-state index in [4.69, 9.17) is 37.9 Å². The van der Waals surface area contributed by atoms with Crippen LogP contribution in [-0.2, 0) is 47.5 Å². The van der Waals surface area contributed by atoms with Crippen molar-refractivity contribution >= 4 is 11.9 Å². The molecule has 3 heterocycles. The molecule has 0 radical (unpaired) electrons. The molecule has 3 aliphatic heterocycles. The second-order valence-corrected chi connectivity index (χ2v) is 13.9. The molecule has 0 aromatic carbocycles. The van der Waals surface area contributed by atoms with E-state index in [1.165, 1.54) is 45.6 Å². The number of esters is 2. The van der Waals surface area contributed by atoms with Crippen LogP contribution < -0.4 is 0 Å². The third-order valence-corrected chi connectivity index (χ3v) is 9.66. The Morgan fingerprint density at radius 1 is 0.510 bits per heavy atom. The van der Waals surface area contributed by atoms with Gasteiger partial charge in [-0.15, -0.1) is 0 Å². The van der Waals surface area contributed by atoms with Crippen molar-refractivity contribution in [2.24, 2.45) is 0 Å². The molecule has 0 amide bonds. The molecule has 5 N–H and O–H groups in total. The monoisotopic (exact) mass is 736 g/mol. The largest absolute Gasteiger partial charge is 0.463 e. The Labute approximate surface area is 302 Å². The van der Waals surface area contributed by atoms with Crippen LogP contribution in [0.3, 0.4) is 0 Å². The van der Waals surface area contributed by atoms with E-state index in [2.05, 4.69) is 13.8 Å². The first kappa shape index (κ1) is 43.9. The molecule has 0 bridgehead atoms. The van der Waals surface area contributed by atoms with Crippen LogP contribution >= 0.6 is 0 Å². The molecule has 51 heavy (non-hydrogen) atoms. The van der Waals surface area contributed by atoms with Crippen molar-refractivity contribution < 1.29 is 73.0 Å². The second kappa shape index (κ2) is 24.0. The third kappa shape index (κ3) is 14.3. The average molecular weight is 737 g/mol. The molecule has 3 saturated heterocycles. The Hall–Kier alpha value is -1.50. The van der Waals surface area contributed by atoms with Crippen molar-refractivity contribution in [3.8, 4) is 0 Å². The van der Waals surface area contributed by atoms with Crippen LogP contribution in [0.1, 0.15) is 117 Å². The highest BCUT2D eigenvalue weighted by Gasteiger charge is 2.52. The summed E-state index contributed by atoms with van der Waals surface area (Å²) in [5, 5.41) is 53.1. The third-order valence-electron chi connectivity index (χ3n) is 9.66. The minimum Gasteiger partial charge on any atom is -0.463 e. The van der Waals surface area contributed by atoms with Crippen LogP contribution in [0, 0.1) is 0 Å². The van der Waals surface area contributed by atoms with Crippen LogP contribution in [0.4, 0.5) is 0 Å². The summed E-state index contributed by atoms with van der Waals surface area (Å²) in [6.45, 7) is 3.45. The van der Waals surface area contributed by atoms with Gasteiger partial charge in [0.05, 0.1) is 6.61 Å². The number of aliphatic hydroxyl groups is 5. The summed E-state index contributed by atoms with van der Waals surface area (Å²) in [5.74, 6) is -0.842. The van der Waals surface area contributed by atoms with Gasteiger partial charge in [0.15, 0.2) is 18.9 Å². The predicted molar refractivity (Wildman–Crippen MR) is 181 cm³/mol. The van der Waals surface area contributed by atoms with Gasteiger partial charge in [0, 0.05) is 20.0 Å². The molecule has 3 rings (SSSR count). The van der Waals surface area contributed by atoms with Crippen LogP contribution in [0.5, 0.6) is 0 Å². The van der Waals surface area contributed by atoms with E-state index in [-0.39, 0.29) is 32.7 Å². The maximum Gasteiger partial charge on any atom is 0.305 e. The first-order valence-electron chi connectivity index (χ1n) is 19.1. The molecule has 3 fully saturated rings. The lowest BCUT2D eigenvalue weighted by molar-refractivity contribution is -0.228. The molecule has 0 aromatic rings. The molecule has 0 aliphatic carbocycles. The Morgan fingerprint density at radius 3 is 1.43 bits per heavy atom. The summed E-state index contributed by atoms with van der Waals surface area (Å²) in [5.41, 5.74) is 0. The van der Waals surface area contributed by atoms with Crippen molar-refractivity contribution in [1.82, 2.24) is 0 Å². The Kier molecular flexibility index (Phi) is 20.7. The molecule has 15 nitrogen and oxygen atoms in total. The van der Waals surface area contributed by atoms with Crippen molar-refractivity contribution in [2.75, 3.05) is 26.9 Å². The second-order valence-electron chi connectivity index (χ2n) is 13.9. The van der Waals surface area contributed by atoms with Gasteiger partial charge in [0.25, 0.3) is 0 Å². The standard InChI is InChI=1S/C36H64O15/c1-4-6-8-10-12-14-16-18-26(37)45-20-23-28(39)30(41)35(48-23)47-22-25-33(32(43)34(44-3)50-25)51-36-31(42)29(40)24(49-36)21-46-27(38)19-17-15-13-11-9-7-5-2/h23-25,28-36,39-43H,4-22H2,1-3H3/t23-,24-,25-,28-,29-,30+,31+,32+,33-,34+,35+,36-/m1/s1. The fraction of sp³-hybridized carbons (Fsp3) is 0.944. The fourth-order valence-corrected chi connectivity index (χ4v) is 6.45. The van der Waals surface area contributed by atoms with Gasteiger partial charge in [-0.05, 0) is 12.8 Å². The smallest absolute Gasteiger partial charge is 0.305 e. The fourth-order valence-electron chi connectivity index (χ4n) is 6.45. The first-order chi connectivity index (χ1) is 24.6. The van der Waals surface area contributed by atoms with E-state index in [0.717, 1.165) is 38.5 Å². The Balaban J connectivity index is 1.41. The van der Waals surface area contributed by atoms with Crippen molar-refractivity contribution in [1.29, 1.82) is 0 Å². The molecule has 0 saturated carbocycles. The van der Waals surface area contributed by atoms with Crippen LogP contribution in [-0.4, -0.2) is 138 Å². The first-order valence-corrected chi connectivity index (χ1v) is 19.1. The van der Waals surface area contributed by atoms with Crippen molar-refractivity contribution in [3.63, 3.8) is 0 Å². The summed E-state index contributed by atoms with van der Waals surface area (Å²) in [6, 6.07) is 0. The Bertz CT molecular complexity index is 971. The minimum absolute atomic E-state index is 0.242. The minimum atomic E-state index is -1.53. The highest BCUT2D eigenvalue weighted by molar-refractivity contribution is 5.69. The number of hydrogen-bond donors (Lipinski definition) is 5. The predicted octanol–water partition coefficient (Wildman–Crippen LogP) is 2.38. The quantitative estimate of drug-likeness (QED) is 0.0638. The molecular formula is C36H64O15. The molecule has 3 aliphatic rings. The van der Waals surface area contributed by atoms with E-state index in [0.29, 0.717) is 12.8 Å². The molecule has 0 spiro atoms. The lowest BCUT2D eigenvalue weighted by Gasteiger charge is -2.26. The SMILES string of the molecule is CCCCCCCCCC(=O)OC[C@H]1O[C@H](OC[C@H]2O[C@H](OC)[C@@H](O)[C@@H]2O[C@H]2O[C@H](COC(=O)CCCCCCCCC)[C@@H](O)[C@@H]2O)[C@@H](O)[C@@H]1O. The zero-order valence-electron chi connectivity index (χ0n) is 30.7. The van der Waals surface area contributed by atoms with E-state index >= 15 is 0 Å². The molecule has 0 aromatic heterocycles. The highest BCUT2D eigenvalue weighted by Crippen LogP contribution is 2.32. The molecule has 12 atom stereocenters. The summed E-state index contributed by atoms with van der Waals surface area (Å²) >= 11 is 0. The van der Waals surface area contributed by atoms with Gasteiger partial charge in [-0.1, -0.05) is 90.9 Å². The topological polar surface area (TPSA) is 209 Å². The van der Waals surface area contributed by atoms with Gasteiger partial charge in [-0.3, -0.25) is 9.59 Å². The summed E-state index contributed by atoms with van der Waals surface area (Å²) in [4.78, 5) is 24.4. The van der Waals surface area contributed by atoms with E-state index < -0.39 is 85.7 Å². The number of carbonyl (C=O) groups excluding carboxylic acids is 2. The number of aliphatic hydroxyl groups excluding tert-OH is 5. The summed E-state index contributed by atoms with van der Waals surface area (Å²) in [7, 11) is 1.31. The van der Waals surface area contributed by atoms with Crippen molar-refractivity contribution in [2.45, 2.75) is 190 Å². The van der Waals surface area contributed by atoms with Gasteiger partial charge in [-0.2, -0.15) is 0 Å². The number of methoxy groups -OCH3 is 1. The zero-order chi connectivity index (χ0) is 37.2. The number of carbonyl (C=O) groups is 2. The number of hydrogen-bond acceptors (Lipinski definition) is 15. The molecule has 15 heteroatoms. The number of rotatable bonds is 26. The van der Waals surface area contributed by atoms with Crippen LogP contribution in [0.15, 0.2) is 0 Å². The number of ether oxygens (including phenoxy) is 8. The van der Waals surface area contributed by atoms with Gasteiger partial charge in [0.1, 0.15) is 68.1 Å². The van der Waals surface area contributed by atoms with E-state index in [1.807, 2.05) is 0 Å². The van der Waals surface area contributed by atoms with Crippen LogP contribution in [0.2, 0.25) is 0 Å². The lowest BCUT2D eigenvalue weighted by Crippen LogP contribution is -2.44. The highest BCUT2D eigenvalue weighted by atomic mass is 16.8. The normalized spacial score (nSPS) is 33.6. The summed E-state index contributed by atoms with van der Waals surface area (Å²) in [6.07, 6.45) is -0.0176. The van der Waals surface area contributed by atoms with Gasteiger partial charge in [0.2, 0.25) is 0 Å².